The van der Waals surface area contributed by atoms with Crippen LogP contribution in [-0.4, -0.2) is 52.9 Å². The first-order valence-corrected chi connectivity index (χ1v) is 9.73. The molecule has 0 aliphatic rings. The molecule has 0 aliphatic carbocycles. The van der Waals surface area contributed by atoms with Gasteiger partial charge < -0.3 is 9.80 Å². The highest BCUT2D eigenvalue weighted by Gasteiger charge is 2.14. The number of hydrogen-bond acceptors (Lipinski definition) is 5. The number of amides is 1. The van der Waals surface area contributed by atoms with E-state index in [9.17, 15) is 9.18 Å². The van der Waals surface area contributed by atoms with Crippen LogP contribution >= 0.6 is 11.8 Å². The summed E-state index contributed by atoms with van der Waals surface area (Å²) in [6.45, 7) is 0.529. The molecule has 0 saturated carbocycles. The van der Waals surface area contributed by atoms with Crippen LogP contribution in [0.2, 0.25) is 0 Å². The van der Waals surface area contributed by atoms with Gasteiger partial charge in [-0.25, -0.2) is 9.37 Å². The van der Waals surface area contributed by atoms with Crippen LogP contribution in [0.5, 0.6) is 0 Å². The predicted octanol–water partition coefficient (Wildman–Crippen LogP) is 3.43. The summed E-state index contributed by atoms with van der Waals surface area (Å²) in [6.07, 6.45) is 0. The fourth-order valence-electron chi connectivity index (χ4n) is 2.58. The van der Waals surface area contributed by atoms with Crippen LogP contribution in [0.3, 0.4) is 0 Å². The minimum Gasteiger partial charge on any atom is -0.378 e. The Kier molecular flexibility index (Phi) is 6.30. The number of anilines is 1. The molecule has 3 rings (SSSR count). The van der Waals surface area contributed by atoms with Gasteiger partial charge in [0.05, 0.1) is 11.3 Å². The van der Waals surface area contributed by atoms with Gasteiger partial charge in [0, 0.05) is 33.4 Å². The van der Waals surface area contributed by atoms with Crippen molar-refractivity contribution in [1.29, 1.82) is 0 Å². The summed E-state index contributed by atoms with van der Waals surface area (Å²) in [5.41, 5.74) is 2.53. The minimum atomic E-state index is -0.369. The van der Waals surface area contributed by atoms with Crippen molar-refractivity contribution in [3.63, 3.8) is 0 Å². The van der Waals surface area contributed by atoms with E-state index < -0.39 is 0 Å². The lowest BCUT2D eigenvalue weighted by atomic mass is 10.2. The molecule has 1 aromatic heterocycles. The van der Waals surface area contributed by atoms with E-state index in [-0.39, 0.29) is 17.5 Å². The van der Waals surface area contributed by atoms with Crippen molar-refractivity contribution < 1.29 is 9.18 Å². The highest BCUT2D eigenvalue weighted by molar-refractivity contribution is 7.99. The van der Waals surface area contributed by atoms with E-state index in [1.54, 1.807) is 30.1 Å². The fraction of sp³-hybridized carbons (Fsp3) is 0.250. The summed E-state index contributed by atoms with van der Waals surface area (Å²) in [6, 6.07) is 14.4. The molecular weight excluding hydrogens is 377 g/mol. The van der Waals surface area contributed by atoms with Gasteiger partial charge in [-0.2, -0.15) is 0 Å². The number of aromatic nitrogens is 3. The number of nitrogens with one attached hydrogen (secondary N) is 1. The lowest BCUT2D eigenvalue weighted by Gasteiger charge is -2.18. The standard InChI is InChI=1S/C20H22FN5OS/c1-25(2)15-10-8-14(9-11-15)12-26(3)18(27)13-28-20-22-19(23-24-20)16-6-4-5-7-17(16)21/h4-11H,12-13H2,1-3H3,(H,22,23,24). The highest BCUT2D eigenvalue weighted by Crippen LogP contribution is 2.22. The first-order valence-electron chi connectivity index (χ1n) is 8.74. The first-order chi connectivity index (χ1) is 13.4. The molecule has 1 amide bonds. The number of hydrogen-bond donors (Lipinski definition) is 1. The summed E-state index contributed by atoms with van der Waals surface area (Å²) in [5.74, 6) is 0.161. The average molecular weight is 399 g/mol. The number of halogens is 1. The molecule has 0 fully saturated rings. The number of carbonyl (C=O) groups excluding carboxylic acids is 1. The van der Waals surface area contributed by atoms with Crippen molar-refractivity contribution in [2.75, 3.05) is 31.8 Å². The third kappa shape index (κ3) is 4.89. The van der Waals surface area contributed by atoms with Gasteiger partial charge in [-0.1, -0.05) is 36.0 Å². The Morgan fingerprint density at radius 2 is 1.82 bits per heavy atom. The number of nitrogens with zero attached hydrogens (tertiary/aromatic N) is 4. The molecule has 1 heterocycles. The Hall–Kier alpha value is -2.87. The number of carbonyl (C=O) groups is 1. The maximum Gasteiger partial charge on any atom is 0.233 e. The van der Waals surface area contributed by atoms with Crippen molar-refractivity contribution in [2.24, 2.45) is 0 Å². The van der Waals surface area contributed by atoms with Gasteiger partial charge >= 0.3 is 0 Å². The van der Waals surface area contributed by atoms with Crippen LogP contribution in [0.15, 0.2) is 53.7 Å². The topological polar surface area (TPSA) is 65.1 Å². The molecular formula is C20H22FN5OS. The van der Waals surface area contributed by atoms with Crippen LogP contribution in [0.25, 0.3) is 11.4 Å². The average Bonchev–Trinajstić information content (AvgIpc) is 3.15. The van der Waals surface area contributed by atoms with Crippen LogP contribution in [0.1, 0.15) is 5.56 Å². The van der Waals surface area contributed by atoms with Crippen molar-refractivity contribution in [3.05, 3.63) is 59.9 Å². The van der Waals surface area contributed by atoms with Gasteiger partial charge in [-0.15, -0.1) is 5.10 Å². The second kappa shape index (κ2) is 8.88. The zero-order valence-corrected chi connectivity index (χ0v) is 16.8. The largest absolute Gasteiger partial charge is 0.378 e. The molecule has 0 spiro atoms. The van der Waals surface area contributed by atoms with E-state index >= 15 is 0 Å². The second-order valence-corrected chi connectivity index (χ2v) is 7.49. The molecule has 0 unspecified atom stereocenters. The van der Waals surface area contributed by atoms with E-state index in [0.717, 1.165) is 11.3 Å². The minimum absolute atomic E-state index is 0.0288. The second-order valence-electron chi connectivity index (χ2n) is 6.55. The Morgan fingerprint density at radius 3 is 2.50 bits per heavy atom. The molecule has 0 aliphatic heterocycles. The van der Waals surface area contributed by atoms with Crippen LogP contribution in [0, 0.1) is 5.82 Å². The molecule has 6 nitrogen and oxygen atoms in total. The van der Waals surface area contributed by atoms with E-state index in [1.165, 1.54) is 17.8 Å². The maximum atomic E-state index is 13.8. The summed E-state index contributed by atoms with van der Waals surface area (Å²) in [4.78, 5) is 20.4. The Labute approximate surface area is 167 Å². The molecule has 2 aromatic carbocycles. The smallest absolute Gasteiger partial charge is 0.233 e. The number of H-pyrrole nitrogens is 1. The number of aromatic amines is 1. The van der Waals surface area contributed by atoms with Gasteiger partial charge in [0.1, 0.15) is 5.82 Å². The van der Waals surface area contributed by atoms with E-state index in [2.05, 4.69) is 15.2 Å². The van der Waals surface area contributed by atoms with Gasteiger partial charge in [0.15, 0.2) is 5.82 Å². The number of rotatable bonds is 7. The normalized spacial score (nSPS) is 10.7. The third-order valence-electron chi connectivity index (χ3n) is 4.22. The lowest BCUT2D eigenvalue weighted by molar-refractivity contribution is -0.127. The Morgan fingerprint density at radius 1 is 1.11 bits per heavy atom. The maximum absolute atomic E-state index is 13.8. The monoisotopic (exact) mass is 399 g/mol. The zero-order valence-electron chi connectivity index (χ0n) is 16.0. The first kappa shape index (κ1) is 19.9. The SMILES string of the molecule is CN(Cc1ccc(N(C)C)cc1)C(=O)CSc1n[nH]c(-c2ccccc2F)n1. The summed E-state index contributed by atoms with van der Waals surface area (Å²) >= 11 is 1.22. The molecule has 28 heavy (non-hydrogen) atoms. The van der Waals surface area contributed by atoms with Gasteiger partial charge in [0.25, 0.3) is 0 Å². The van der Waals surface area contributed by atoms with Gasteiger partial charge in [0.2, 0.25) is 11.1 Å². The summed E-state index contributed by atoms with van der Waals surface area (Å²) < 4.78 is 13.8. The third-order valence-corrected chi connectivity index (χ3v) is 5.05. The van der Waals surface area contributed by atoms with Crippen molar-refractivity contribution >= 4 is 23.4 Å². The number of thioether (sulfide) groups is 1. The molecule has 0 radical (unpaired) electrons. The quantitative estimate of drug-likeness (QED) is 0.617. The van der Waals surface area contributed by atoms with E-state index in [1.807, 2.05) is 43.3 Å². The Balaban J connectivity index is 1.54. The lowest BCUT2D eigenvalue weighted by Crippen LogP contribution is -2.27. The molecule has 0 saturated heterocycles. The van der Waals surface area contributed by atoms with Gasteiger partial charge in [-0.3, -0.25) is 9.89 Å². The number of benzene rings is 2. The highest BCUT2D eigenvalue weighted by atomic mass is 32.2. The van der Waals surface area contributed by atoms with Crippen LogP contribution in [0.4, 0.5) is 10.1 Å². The molecule has 1 N–H and O–H groups in total. The van der Waals surface area contributed by atoms with Gasteiger partial charge in [-0.05, 0) is 29.8 Å². The summed E-state index contributed by atoms with van der Waals surface area (Å²) in [7, 11) is 5.75. The fourth-order valence-corrected chi connectivity index (χ4v) is 3.32. The molecule has 8 heteroatoms. The molecule has 0 bridgehead atoms. The van der Waals surface area contributed by atoms with Crippen LogP contribution < -0.4 is 4.90 Å². The van der Waals surface area contributed by atoms with Crippen molar-refractivity contribution in [3.8, 4) is 11.4 Å². The summed E-state index contributed by atoms with van der Waals surface area (Å²) in [5, 5.41) is 7.19. The van der Waals surface area contributed by atoms with Crippen LogP contribution in [-0.2, 0) is 11.3 Å². The van der Waals surface area contributed by atoms with E-state index in [4.69, 9.17) is 0 Å². The molecule has 3 aromatic rings. The van der Waals surface area contributed by atoms with Crippen molar-refractivity contribution in [2.45, 2.75) is 11.7 Å². The van der Waals surface area contributed by atoms with Crippen molar-refractivity contribution in [1.82, 2.24) is 20.1 Å². The van der Waals surface area contributed by atoms with E-state index in [0.29, 0.717) is 23.1 Å². The predicted molar refractivity (Wildman–Crippen MR) is 110 cm³/mol. The zero-order chi connectivity index (χ0) is 20.1. The molecule has 0 atom stereocenters. The molecule has 146 valence electrons. The Bertz CT molecular complexity index is 942.